The normalized spacial score (nSPS) is 32.1. The fourth-order valence-electron chi connectivity index (χ4n) is 3.51. The number of rotatable bonds is 3. The van der Waals surface area contributed by atoms with Crippen LogP contribution in [0.4, 0.5) is 5.82 Å². The van der Waals surface area contributed by atoms with E-state index in [0.29, 0.717) is 6.04 Å². The molecule has 94 valence electrons. The lowest BCUT2D eigenvalue weighted by molar-refractivity contribution is 0.439. The van der Waals surface area contributed by atoms with E-state index in [9.17, 15) is 0 Å². The Morgan fingerprint density at radius 3 is 3.06 bits per heavy atom. The molecule has 0 saturated carbocycles. The molecule has 2 fully saturated rings. The van der Waals surface area contributed by atoms with Gasteiger partial charge in [-0.15, -0.1) is 5.10 Å². The monoisotopic (exact) mass is 235 g/mol. The lowest BCUT2D eigenvalue weighted by atomic mass is 9.93. The summed E-state index contributed by atoms with van der Waals surface area (Å²) in [6.45, 7) is 8.81. The maximum Gasteiger partial charge on any atom is 0.147 e. The zero-order valence-electron chi connectivity index (χ0n) is 10.6. The number of nitrogens with zero attached hydrogens (tertiary/aromatic N) is 4. The third-order valence-corrected chi connectivity index (χ3v) is 4.33. The van der Waals surface area contributed by atoms with Gasteiger partial charge in [0.1, 0.15) is 5.82 Å². The van der Waals surface area contributed by atoms with E-state index in [0.717, 1.165) is 24.9 Å². The van der Waals surface area contributed by atoms with Crippen LogP contribution in [0.15, 0.2) is 6.20 Å². The molecule has 3 rings (SSSR count). The highest BCUT2D eigenvalue weighted by Crippen LogP contribution is 2.36. The van der Waals surface area contributed by atoms with Gasteiger partial charge in [0.2, 0.25) is 0 Å². The SMILES string of the molecule is CCC1C2CNCC2CN1c1cnnn1CC. The molecular formula is C12H21N5. The zero-order valence-corrected chi connectivity index (χ0v) is 10.6. The predicted octanol–water partition coefficient (Wildman–Crippen LogP) is 0.732. The van der Waals surface area contributed by atoms with Crippen molar-refractivity contribution in [3.63, 3.8) is 0 Å². The number of aromatic nitrogens is 3. The van der Waals surface area contributed by atoms with Crippen LogP contribution in [0.25, 0.3) is 0 Å². The molecule has 1 aromatic heterocycles. The van der Waals surface area contributed by atoms with Crippen LogP contribution in [0, 0.1) is 11.8 Å². The highest BCUT2D eigenvalue weighted by atomic mass is 15.5. The molecule has 3 atom stereocenters. The summed E-state index contributed by atoms with van der Waals surface area (Å²) >= 11 is 0. The van der Waals surface area contributed by atoms with Crippen molar-refractivity contribution in [2.75, 3.05) is 24.5 Å². The minimum atomic E-state index is 0.652. The van der Waals surface area contributed by atoms with E-state index in [1.807, 2.05) is 10.9 Å². The first kappa shape index (κ1) is 11.0. The second kappa shape index (κ2) is 4.29. The van der Waals surface area contributed by atoms with Gasteiger partial charge < -0.3 is 10.2 Å². The van der Waals surface area contributed by atoms with Gasteiger partial charge in [0, 0.05) is 32.2 Å². The lowest BCUT2D eigenvalue weighted by Gasteiger charge is -2.28. The summed E-state index contributed by atoms with van der Waals surface area (Å²) in [6, 6.07) is 0.652. The van der Waals surface area contributed by atoms with Gasteiger partial charge in [0.05, 0.1) is 6.20 Å². The average molecular weight is 235 g/mol. The number of anilines is 1. The number of aryl methyl sites for hydroxylation is 1. The van der Waals surface area contributed by atoms with E-state index in [2.05, 4.69) is 34.4 Å². The van der Waals surface area contributed by atoms with E-state index >= 15 is 0 Å². The summed E-state index contributed by atoms with van der Waals surface area (Å²) in [5.74, 6) is 2.81. The Balaban J connectivity index is 1.88. The summed E-state index contributed by atoms with van der Waals surface area (Å²) in [5.41, 5.74) is 0. The number of nitrogens with one attached hydrogen (secondary N) is 1. The molecule has 1 N–H and O–H groups in total. The molecule has 0 radical (unpaired) electrons. The number of hydrogen-bond acceptors (Lipinski definition) is 4. The van der Waals surface area contributed by atoms with Crippen LogP contribution in [0.1, 0.15) is 20.3 Å². The molecule has 0 amide bonds. The summed E-state index contributed by atoms with van der Waals surface area (Å²) < 4.78 is 2.01. The van der Waals surface area contributed by atoms with E-state index in [-0.39, 0.29) is 0 Å². The Morgan fingerprint density at radius 2 is 2.29 bits per heavy atom. The largest absolute Gasteiger partial charge is 0.352 e. The summed E-state index contributed by atoms with van der Waals surface area (Å²) in [6.07, 6.45) is 3.12. The van der Waals surface area contributed by atoms with E-state index < -0.39 is 0 Å². The molecular weight excluding hydrogens is 214 g/mol. The summed E-state index contributed by atoms with van der Waals surface area (Å²) in [7, 11) is 0. The molecule has 5 nitrogen and oxygen atoms in total. The van der Waals surface area contributed by atoms with Crippen LogP contribution in [-0.4, -0.2) is 40.7 Å². The minimum absolute atomic E-state index is 0.652. The van der Waals surface area contributed by atoms with Crippen molar-refractivity contribution >= 4 is 5.82 Å². The first-order chi connectivity index (χ1) is 8.35. The van der Waals surface area contributed by atoms with Crippen molar-refractivity contribution in [3.8, 4) is 0 Å². The Kier molecular flexibility index (Phi) is 2.78. The highest BCUT2D eigenvalue weighted by molar-refractivity contribution is 5.40. The molecule has 0 spiro atoms. The fraction of sp³-hybridized carbons (Fsp3) is 0.833. The Bertz CT molecular complexity index is 388. The topological polar surface area (TPSA) is 46.0 Å². The molecule has 2 saturated heterocycles. The minimum Gasteiger partial charge on any atom is -0.352 e. The van der Waals surface area contributed by atoms with Crippen molar-refractivity contribution in [1.82, 2.24) is 20.3 Å². The first-order valence-corrected chi connectivity index (χ1v) is 6.71. The molecule has 1 aromatic rings. The lowest BCUT2D eigenvalue weighted by Crippen LogP contribution is -2.36. The smallest absolute Gasteiger partial charge is 0.147 e. The van der Waals surface area contributed by atoms with Gasteiger partial charge >= 0.3 is 0 Å². The van der Waals surface area contributed by atoms with Gasteiger partial charge in [-0.1, -0.05) is 12.1 Å². The van der Waals surface area contributed by atoms with Crippen LogP contribution < -0.4 is 10.2 Å². The maximum absolute atomic E-state index is 4.15. The van der Waals surface area contributed by atoms with Crippen LogP contribution >= 0.6 is 0 Å². The highest BCUT2D eigenvalue weighted by Gasteiger charge is 2.44. The van der Waals surface area contributed by atoms with Crippen molar-refractivity contribution in [2.45, 2.75) is 32.9 Å². The molecule has 2 aliphatic rings. The molecule has 2 aliphatic heterocycles. The van der Waals surface area contributed by atoms with Crippen LogP contribution in [0.5, 0.6) is 0 Å². The van der Waals surface area contributed by atoms with Crippen molar-refractivity contribution < 1.29 is 0 Å². The average Bonchev–Trinajstić information content (AvgIpc) is 3.02. The molecule has 0 aromatic carbocycles. The molecule has 3 unspecified atom stereocenters. The van der Waals surface area contributed by atoms with Crippen molar-refractivity contribution in [3.05, 3.63) is 6.20 Å². The fourth-order valence-corrected chi connectivity index (χ4v) is 3.51. The Morgan fingerprint density at radius 1 is 1.41 bits per heavy atom. The van der Waals surface area contributed by atoms with E-state index in [1.54, 1.807) is 0 Å². The second-order valence-electron chi connectivity index (χ2n) is 5.12. The molecule has 3 heterocycles. The van der Waals surface area contributed by atoms with Gasteiger partial charge in [0.15, 0.2) is 0 Å². The Hall–Kier alpha value is -1.10. The molecule has 17 heavy (non-hydrogen) atoms. The van der Waals surface area contributed by atoms with Gasteiger partial charge in [-0.25, -0.2) is 4.68 Å². The maximum atomic E-state index is 4.15. The van der Waals surface area contributed by atoms with Crippen molar-refractivity contribution in [2.24, 2.45) is 11.8 Å². The summed E-state index contributed by atoms with van der Waals surface area (Å²) in [5, 5.41) is 11.7. The predicted molar refractivity (Wildman–Crippen MR) is 67.0 cm³/mol. The third-order valence-electron chi connectivity index (χ3n) is 4.33. The van der Waals surface area contributed by atoms with Crippen LogP contribution in [0.3, 0.4) is 0 Å². The third kappa shape index (κ3) is 1.64. The van der Waals surface area contributed by atoms with Gasteiger partial charge in [-0.3, -0.25) is 0 Å². The first-order valence-electron chi connectivity index (χ1n) is 6.71. The van der Waals surface area contributed by atoms with Crippen LogP contribution in [-0.2, 0) is 6.54 Å². The van der Waals surface area contributed by atoms with Crippen LogP contribution in [0.2, 0.25) is 0 Å². The van der Waals surface area contributed by atoms with E-state index in [4.69, 9.17) is 0 Å². The quantitative estimate of drug-likeness (QED) is 0.839. The van der Waals surface area contributed by atoms with Gasteiger partial charge in [-0.05, 0) is 25.2 Å². The zero-order chi connectivity index (χ0) is 11.8. The Labute approximate surface area is 102 Å². The standard InChI is InChI=1S/C12H21N5/c1-3-11-10-6-13-5-9(10)8-16(11)12-7-14-15-17(12)4-2/h7,9-11,13H,3-6,8H2,1-2H3. The number of fused-ring (bicyclic) bond motifs is 1. The summed E-state index contributed by atoms with van der Waals surface area (Å²) in [4.78, 5) is 2.53. The molecule has 0 aliphatic carbocycles. The molecule has 0 bridgehead atoms. The van der Waals surface area contributed by atoms with E-state index in [1.165, 1.54) is 25.3 Å². The van der Waals surface area contributed by atoms with Gasteiger partial charge in [-0.2, -0.15) is 0 Å². The number of hydrogen-bond donors (Lipinski definition) is 1. The molecule has 5 heteroatoms. The van der Waals surface area contributed by atoms with Gasteiger partial charge in [0.25, 0.3) is 0 Å². The second-order valence-corrected chi connectivity index (χ2v) is 5.12. The van der Waals surface area contributed by atoms with Crippen molar-refractivity contribution in [1.29, 1.82) is 0 Å².